The molecule has 7 heteroatoms. The molecule has 2 aromatic heterocycles. The zero-order valence-electron chi connectivity index (χ0n) is 22.3. The van der Waals surface area contributed by atoms with Crippen molar-refractivity contribution in [2.45, 2.75) is 25.3 Å². The number of rotatable bonds is 4. The highest BCUT2D eigenvalue weighted by Gasteiger charge is 2.32. The Morgan fingerprint density at radius 1 is 0.775 bits per heavy atom. The summed E-state index contributed by atoms with van der Waals surface area (Å²) in [6.07, 6.45) is 4.33. The molecule has 8 rings (SSSR count). The van der Waals surface area contributed by atoms with E-state index in [0.717, 1.165) is 72.1 Å². The summed E-state index contributed by atoms with van der Waals surface area (Å²) < 4.78 is 2.12. The summed E-state index contributed by atoms with van der Waals surface area (Å²) in [6, 6.07) is 29.9. The van der Waals surface area contributed by atoms with Crippen LogP contribution in [0.4, 0.5) is 17.2 Å². The van der Waals surface area contributed by atoms with Crippen molar-refractivity contribution in [1.29, 1.82) is 0 Å². The van der Waals surface area contributed by atoms with Crippen LogP contribution in [0, 0.1) is 5.92 Å². The van der Waals surface area contributed by atoms with Crippen LogP contribution in [0.3, 0.4) is 0 Å². The molecule has 0 bridgehead atoms. The molecule has 7 nitrogen and oxygen atoms in total. The predicted molar refractivity (Wildman–Crippen MR) is 159 cm³/mol. The number of hydrogen-bond donors (Lipinski definition) is 2. The first kappa shape index (κ1) is 23.4. The molecule has 0 radical (unpaired) electrons. The summed E-state index contributed by atoms with van der Waals surface area (Å²) in [5, 5.41) is 16.4. The second-order valence-electron chi connectivity index (χ2n) is 11.1. The van der Waals surface area contributed by atoms with Gasteiger partial charge in [-0.2, -0.15) is 0 Å². The van der Waals surface area contributed by atoms with Gasteiger partial charge in [-0.3, -0.25) is 9.47 Å². The molecule has 40 heavy (non-hydrogen) atoms. The van der Waals surface area contributed by atoms with Crippen molar-refractivity contribution in [1.82, 2.24) is 24.6 Å². The average Bonchev–Trinajstić information content (AvgIpc) is 3.61. The molecule has 3 aliphatic rings. The minimum absolute atomic E-state index is 0.651. The van der Waals surface area contributed by atoms with Gasteiger partial charge in [0.2, 0.25) is 0 Å². The summed E-state index contributed by atoms with van der Waals surface area (Å²) in [6.45, 7) is 4.37. The summed E-state index contributed by atoms with van der Waals surface area (Å²) in [5.41, 5.74) is 8.16. The lowest BCUT2D eigenvalue weighted by Gasteiger charge is -2.35. The van der Waals surface area contributed by atoms with E-state index in [1.807, 2.05) is 24.4 Å². The Kier molecular flexibility index (Phi) is 5.62. The van der Waals surface area contributed by atoms with Crippen LogP contribution in [-0.2, 0) is 6.54 Å². The molecule has 3 aliphatic heterocycles. The Bertz CT molecular complexity index is 1680. The number of benzene rings is 3. The number of aromatic nitrogens is 4. The fourth-order valence-electron chi connectivity index (χ4n) is 6.72. The highest BCUT2D eigenvalue weighted by molar-refractivity contribution is 5.84. The predicted octanol–water partition coefficient (Wildman–Crippen LogP) is 6.47. The van der Waals surface area contributed by atoms with E-state index >= 15 is 0 Å². The van der Waals surface area contributed by atoms with Crippen molar-refractivity contribution in [3.8, 4) is 28.5 Å². The molecule has 1 saturated heterocycles. The van der Waals surface area contributed by atoms with E-state index in [2.05, 4.69) is 102 Å². The zero-order valence-corrected chi connectivity index (χ0v) is 22.3. The standard InChI is InChI=1S/C33H31N7/c1-3-8-28-25(6-1)27(20-35-28)23-15-18-39(19-16-23)21-22-11-13-24(14-12-22)32-37-38-33-26-7-2-4-9-29(26)36-31-30(40(32)33)10-5-17-34-31/h1-14,17,23,27,35H,15-16,18-21H2,(H,34,36). The van der Waals surface area contributed by atoms with Crippen molar-refractivity contribution in [2.75, 3.05) is 30.3 Å². The zero-order chi connectivity index (χ0) is 26.5. The number of hydrogen-bond acceptors (Lipinski definition) is 6. The van der Waals surface area contributed by atoms with Gasteiger partial charge in [0.05, 0.1) is 11.4 Å². The molecule has 1 unspecified atom stereocenters. The number of nitrogens with zero attached hydrogens (tertiary/aromatic N) is 5. The minimum Gasteiger partial charge on any atom is -0.384 e. The first-order valence-corrected chi connectivity index (χ1v) is 14.2. The second kappa shape index (κ2) is 9.61. The first-order chi connectivity index (χ1) is 19.8. The van der Waals surface area contributed by atoms with Crippen LogP contribution in [0.2, 0.25) is 0 Å². The maximum Gasteiger partial charge on any atom is 0.171 e. The normalized spacial score (nSPS) is 18.1. The lowest BCUT2D eigenvalue weighted by molar-refractivity contribution is 0.165. The Morgan fingerprint density at radius 3 is 2.42 bits per heavy atom. The maximum atomic E-state index is 4.66. The van der Waals surface area contributed by atoms with Gasteiger partial charge >= 0.3 is 0 Å². The third-order valence-corrected chi connectivity index (χ3v) is 8.80. The smallest absolute Gasteiger partial charge is 0.171 e. The van der Waals surface area contributed by atoms with Crippen LogP contribution >= 0.6 is 0 Å². The van der Waals surface area contributed by atoms with Gasteiger partial charge in [0.25, 0.3) is 0 Å². The fourth-order valence-corrected chi connectivity index (χ4v) is 6.72. The SMILES string of the molecule is c1ccc2c(c1)Nc1ncccc1-n1c(-c3ccc(CN4CCC(C5CNc6ccccc65)CC4)cc3)nnc1-2. The van der Waals surface area contributed by atoms with Crippen molar-refractivity contribution >= 4 is 17.2 Å². The quantitative estimate of drug-likeness (QED) is 0.275. The lowest BCUT2D eigenvalue weighted by atomic mass is 9.81. The summed E-state index contributed by atoms with van der Waals surface area (Å²) in [7, 11) is 0. The maximum absolute atomic E-state index is 4.66. The van der Waals surface area contributed by atoms with Gasteiger partial charge in [0.1, 0.15) is 0 Å². The molecule has 3 aromatic carbocycles. The van der Waals surface area contributed by atoms with Crippen molar-refractivity contribution in [3.05, 3.63) is 102 Å². The van der Waals surface area contributed by atoms with Crippen molar-refractivity contribution in [3.63, 3.8) is 0 Å². The van der Waals surface area contributed by atoms with Gasteiger partial charge < -0.3 is 10.6 Å². The van der Waals surface area contributed by atoms with Crippen LogP contribution in [0.1, 0.15) is 29.9 Å². The Morgan fingerprint density at radius 2 is 1.55 bits per heavy atom. The molecule has 1 fully saturated rings. The number of piperidine rings is 1. The minimum atomic E-state index is 0.651. The third kappa shape index (κ3) is 3.97. The second-order valence-corrected chi connectivity index (χ2v) is 11.1. The molecular formula is C33H31N7. The number of nitrogens with one attached hydrogen (secondary N) is 2. The van der Waals surface area contributed by atoms with Gasteiger partial charge in [-0.05, 0) is 73.3 Å². The molecule has 5 heterocycles. The number of fused-ring (bicyclic) bond motifs is 6. The largest absolute Gasteiger partial charge is 0.384 e. The van der Waals surface area contributed by atoms with E-state index in [-0.39, 0.29) is 0 Å². The van der Waals surface area contributed by atoms with E-state index < -0.39 is 0 Å². The van der Waals surface area contributed by atoms with Crippen molar-refractivity contribution in [2.24, 2.45) is 5.92 Å². The molecule has 0 aliphatic carbocycles. The summed E-state index contributed by atoms with van der Waals surface area (Å²) in [4.78, 5) is 7.22. The highest BCUT2D eigenvalue weighted by atomic mass is 15.3. The van der Waals surface area contributed by atoms with Gasteiger partial charge in [0, 0.05) is 42.0 Å². The van der Waals surface area contributed by atoms with Gasteiger partial charge in [-0.1, -0.05) is 54.6 Å². The van der Waals surface area contributed by atoms with Crippen LogP contribution in [0.15, 0.2) is 91.1 Å². The number of likely N-dealkylation sites (tertiary alicyclic amines) is 1. The van der Waals surface area contributed by atoms with Gasteiger partial charge in [-0.15, -0.1) is 10.2 Å². The number of para-hydroxylation sites is 2. The summed E-state index contributed by atoms with van der Waals surface area (Å²) in [5.74, 6) is 3.84. The molecule has 0 saturated carbocycles. The van der Waals surface area contributed by atoms with E-state index in [1.54, 1.807) is 0 Å². The first-order valence-electron chi connectivity index (χ1n) is 14.2. The van der Waals surface area contributed by atoms with Crippen LogP contribution < -0.4 is 10.6 Å². The highest BCUT2D eigenvalue weighted by Crippen LogP contribution is 2.41. The molecule has 1 atom stereocenters. The van der Waals surface area contributed by atoms with Gasteiger partial charge in [0.15, 0.2) is 17.5 Å². The van der Waals surface area contributed by atoms with Crippen molar-refractivity contribution < 1.29 is 0 Å². The Hall–Kier alpha value is -4.49. The Labute approximate surface area is 233 Å². The topological polar surface area (TPSA) is 70.9 Å². The lowest BCUT2D eigenvalue weighted by Crippen LogP contribution is -2.35. The van der Waals surface area contributed by atoms with E-state index in [0.29, 0.717) is 5.92 Å². The van der Waals surface area contributed by atoms with Crippen LogP contribution in [0.25, 0.3) is 28.5 Å². The van der Waals surface area contributed by atoms with Crippen LogP contribution in [-0.4, -0.2) is 44.3 Å². The molecule has 5 aromatic rings. The van der Waals surface area contributed by atoms with Gasteiger partial charge in [-0.25, -0.2) is 4.98 Å². The fraction of sp³-hybridized carbons (Fsp3) is 0.242. The van der Waals surface area contributed by atoms with E-state index in [4.69, 9.17) is 0 Å². The molecular weight excluding hydrogens is 494 g/mol. The molecule has 2 N–H and O–H groups in total. The molecule has 0 spiro atoms. The monoisotopic (exact) mass is 525 g/mol. The Balaban J connectivity index is 1.01. The number of anilines is 3. The van der Waals surface area contributed by atoms with Crippen LogP contribution in [0.5, 0.6) is 0 Å². The summed E-state index contributed by atoms with van der Waals surface area (Å²) >= 11 is 0. The molecule has 198 valence electrons. The molecule has 0 amide bonds. The number of pyridine rings is 1. The third-order valence-electron chi connectivity index (χ3n) is 8.80. The average molecular weight is 526 g/mol. The van der Waals surface area contributed by atoms with E-state index in [9.17, 15) is 0 Å². The van der Waals surface area contributed by atoms with E-state index in [1.165, 1.54) is 29.7 Å².